The third kappa shape index (κ3) is 2.32. The minimum absolute atomic E-state index is 0.103. The maximum absolute atomic E-state index is 2.65. The maximum atomic E-state index is 2.65. The highest BCUT2D eigenvalue weighted by Crippen LogP contribution is 2.56. The molecule has 1 aliphatic rings. The van der Waals surface area contributed by atoms with Gasteiger partial charge in [0.05, 0.1) is 33.3 Å². The molecule has 10 rings (SSSR count). The third-order valence-corrected chi connectivity index (χ3v) is 9.95. The first-order valence-corrected chi connectivity index (χ1v) is 14.5. The van der Waals surface area contributed by atoms with Gasteiger partial charge in [-0.15, -0.1) is 0 Å². The topological polar surface area (TPSA) is 14.3 Å². The number of hydrogen-bond acceptors (Lipinski definition) is 0. The molecule has 9 aromatic rings. The molecule has 0 amide bonds. The molecule has 0 saturated heterocycles. The number of fused-ring (bicyclic) bond motifs is 10. The van der Waals surface area contributed by atoms with Crippen LogP contribution in [0.25, 0.3) is 77.0 Å². The zero-order chi connectivity index (χ0) is 27.2. The summed E-state index contributed by atoms with van der Waals surface area (Å²) in [6.45, 7) is 4.81. The van der Waals surface area contributed by atoms with E-state index >= 15 is 0 Å². The first kappa shape index (κ1) is 21.8. The predicted octanol–water partition coefficient (Wildman–Crippen LogP) is 9.58. The zero-order valence-electron chi connectivity index (χ0n) is 23.2. The Morgan fingerprint density at radius 2 is 1.24 bits per heavy atom. The second-order valence-corrected chi connectivity index (χ2v) is 12.2. The fourth-order valence-corrected chi connectivity index (χ4v) is 8.32. The van der Waals surface area contributed by atoms with Crippen LogP contribution < -0.4 is 0 Å². The molecule has 3 heteroatoms. The highest BCUT2D eigenvalue weighted by Gasteiger charge is 2.41. The zero-order valence-corrected chi connectivity index (χ0v) is 23.2. The molecule has 0 N–H and O–H groups in total. The Morgan fingerprint density at radius 3 is 2.12 bits per heavy atom. The van der Waals surface area contributed by atoms with Gasteiger partial charge < -0.3 is 13.5 Å². The van der Waals surface area contributed by atoms with Crippen molar-refractivity contribution >= 4 is 60.0 Å². The Balaban J connectivity index is 1.65. The van der Waals surface area contributed by atoms with Gasteiger partial charge in [0.15, 0.2) is 0 Å². The van der Waals surface area contributed by atoms with E-state index in [4.69, 9.17) is 0 Å². The summed E-state index contributed by atoms with van der Waals surface area (Å²) >= 11 is 0. The standard InChI is InChI=1S/C38H27N3/c1-38(2)27-17-9-7-14-23(27)35-33(38)26-20-21-30-32-31-25(16-11-19-29(31)39(30)3)37-36(41(35)34(26)32)24-15-8-10-18-28(24)40(37)22-12-5-4-6-13-22/h4-21H,1-3H3. The smallest absolute Gasteiger partial charge is 0.0803 e. The molecule has 0 spiro atoms. The van der Waals surface area contributed by atoms with Crippen LogP contribution in [0.5, 0.6) is 0 Å². The number of para-hydroxylation sites is 2. The van der Waals surface area contributed by atoms with Gasteiger partial charge in [-0.3, -0.25) is 0 Å². The van der Waals surface area contributed by atoms with Crippen LogP contribution in [0.15, 0.2) is 109 Å². The summed E-state index contributed by atoms with van der Waals surface area (Å²) in [5.74, 6) is 0. The molecule has 0 unspecified atom stereocenters. The highest BCUT2D eigenvalue weighted by molar-refractivity contribution is 6.32. The molecular weight excluding hydrogens is 498 g/mol. The Bertz CT molecular complexity index is 2550. The molecule has 0 atom stereocenters. The van der Waals surface area contributed by atoms with Gasteiger partial charge in [-0.25, -0.2) is 0 Å². The number of aromatic nitrogens is 3. The summed E-state index contributed by atoms with van der Waals surface area (Å²) in [5.41, 5.74) is 14.3. The Kier molecular flexibility index (Phi) is 3.71. The van der Waals surface area contributed by atoms with Gasteiger partial charge in [-0.05, 0) is 41.5 Å². The van der Waals surface area contributed by atoms with Crippen molar-refractivity contribution in [2.45, 2.75) is 19.3 Å². The van der Waals surface area contributed by atoms with Gasteiger partial charge >= 0.3 is 0 Å². The fraction of sp³-hybridized carbons (Fsp3) is 0.105. The van der Waals surface area contributed by atoms with E-state index in [-0.39, 0.29) is 5.41 Å². The SMILES string of the molecule is Cn1c2cccc3c2c2c1ccc1c4c(n(c12)c1c2ccccc2n(-c2ccccc2)c31)-c1ccccc1C4(C)C. The summed E-state index contributed by atoms with van der Waals surface area (Å²) in [6.07, 6.45) is 0. The Hall–Kier alpha value is -5.02. The van der Waals surface area contributed by atoms with Crippen molar-refractivity contribution in [3.63, 3.8) is 0 Å². The van der Waals surface area contributed by atoms with Crippen molar-refractivity contribution in [2.24, 2.45) is 7.05 Å². The first-order chi connectivity index (χ1) is 20.1. The van der Waals surface area contributed by atoms with E-state index in [2.05, 4.69) is 144 Å². The molecule has 0 fully saturated rings. The van der Waals surface area contributed by atoms with Crippen molar-refractivity contribution in [3.05, 3.63) is 120 Å². The van der Waals surface area contributed by atoms with Crippen LogP contribution in [0, 0.1) is 0 Å². The summed E-state index contributed by atoms with van der Waals surface area (Å²) in [5, 5.41) is 6.63. The largest absolute Gasteiger partial charge is 0.344 e. The van der Waals surface area contributed by atoms with E-state index in [0.717, 1.165) is 0 Å². The lowest BCUT2D eigenvalue weighted by atomic mass is 9.81. The molecular formula is C38H27N3. The predicted molar refractivity (Wildman–Crippen MR) is 172 cm³/mol. The molecule has 3 nitrogen and oxygen atoms in total. The van der Waals surface area contributed by atoms with E-state index in [1.54, 1.807) is 0 Å². The normalized spacial score (nSPS) is 14.4. The molecule has 4 heterocycles. The first-order valence-electron chi connectivity index (χ1n) is 14.5. The molecule has 0 radical (unpaired) electrons. The number of rotatable bonds is 1. The van der Waals surface area contributed by atoms with Crippen LogP contribution >= 0.6 is 0 Å². The molecule has 194 valence electrons. The van der Waals surface area contributed by atoms with E-state index in [1.807, 2.05) is 0 Å². The molecule has 5 aromatic carbocycles. The highest BCUT2D eigenvalue weighted by atomic mass is 15.0. The minimum atomic E-state index is -0.103. The molecule has 4 aromatic heterocycles. The monoisotopic (exact) mass is 525 g/mol. The lowest BCUT2D eigenvalue weighted by Gasteiger charge is -2.21. The van der Waals surface area contributed by atoms with Crippen LogP contribution in [-0.2, 0) is 12.5 Å². The molecule has 0 aliphatic heterocycles. The van der Waals surface area contributed by atoms with Crippen LogP contribution in [-0.4, -0.2) is 13.5 Å². The van der Waals surface area contributed by atoms with Crippen LogP contribution in [0.4, 0.5) is 0 Å². The van der Waals surface area contributed by atoms with Gasteiger partial charge in [-0.1, -0.05) is 92.7 Å². The second-order valence-electron chi connectivity index (χ2n) is 12.2. The van der Waals surface area contributed by atoms with Crippen LogP contribution in [0.3, 0.4) is 0 Å². The quantitative estimate of drug-likeness (QED) is 0.203. The number of benzene rings is 5. The summed E-state index contributed by atoms with van der Waals surface area (Å²) in [4.78, 5) is 0. The van der Waals surface area contributed by atoms with Crippen LogP contribution in [0.2, 0.25) is 0 Å². The molecule has 0 bridgehead atoms. The number of nitrogens with zero attached hydrogens (tertiary/aromatic N) is 3. The van der Waals surface area contributed by atoms with Crippen molar-refractivity contribution in [2.75, 3.05) is 0 Å². The second kappa shape index (κ2) is 7.00. The van der Waals surface area contributed by atoms with Crippen molar-refractivity contribution in [3.8, 4) is 16.9 Å². The van der Waals surface area contributed by atoms with Gasteiger partial charge in [0.2, 0.25) is 0 Å². The van der Waals surface area contributed by atoms with Gasteiger partial charge in [0.1, 0.15) is 0 Å². The lowest BCUT2D eigenvalue weighted by Crippen LogP contribution is -2.14. The maximum Gasteiger partial charge on any atom is 0.0803 e. The third-order valence-electron chi connectivity index (χ3n) is 9.95. The summed E-state index contributed by atoms with van der Waals surface area (Å²) < 4.78 is 7.53. The van der Waals surface area contributed by atoms with E-state index in [0.29, 0.717) is 0 Å². The Labute approximate surface area is 236 Å². The summed E-state index contributed by atoms with van der Waals surface area (Å²) in [6, 6.07) is 40.5. The van der Waals surface area contributed by atoms with Crippen molar-refractivity contribution < 1.29 is 0 Å². The number of hydrogen-bond donors (Lipinski definition) is 0. The number of aryl methyl sites for hydroxylation is 1. The van der Waals surface area contributed by atoms with E-state index < -0.39 is 0 Å². The minimum Gasteiger partial charge on any atom is -0.344 e. The Morgan fingerprint density at radius 1 is 0.537 bits per heavy atom. The van der Waals surface area contributed by atoms with E-state index in [9.17, 15) is 0 Å². The average molecular weight is 526 g/mol. The van der Waals surface area contributed by atoms with Crippen molar-refractivity contribution in [1.82, 2.24) is 13.5 Å². The van der Waals surface area contributed by atoms with Gasteiger partial charge in [0, 0.05) is 56.2 Å². The lowest BCUT2D eigenvalue weighted by molar-refractivity contribution is 0.666. The molecule has 41 heavy (non-hydrogen) atoms. The van der Waals surface area contributed by atoms with Gasteiger partial charge in [0.25, 0.3) is 0 Å². The summed E-state index contributed by atoms with van der Waals surface area (Å²) in [7, 11) is 2.22. The average Bonchev–Trinajstić information content (AvgIpc) is 3.66. The van der Waals surface area contributed by atoms with Crippen LogP contribution in [0.1, 0.15) is 25.0 Å². The van der Waals surface area contributed by atoms with Crippen molar-refractivity contribution in [1.29, 1.82) is 0 Å². The molecule has 0 saturated carbocycles. The fourth-order valence-electron chi connectivity index (χ4n) is 8.32. The molecule has 1 aliphatic carbocycles. The van der Waals surface area contributed by atoms with E-state index in [1.165, 1.54) is 88.1 Å². The van der Waals surface area contributed by atoms with Gasteiger partial charge in [-0.2, -0.15) is 0 Å².